The van der Waals surface area contributed by atoms with Crippen molar-refractivity contribution in [1.82, 2.24) is 19.7 Å². The number of pyridine rings is 1. The first-order valence-corrected chi connectivity index (χ1v) is 13.0. The number of carbonyl (C=O) groups is 2. The number of ether oxygens (including phenoxy) is 1. The molecule has 36 heavy (non-hydrogen) atoms. The molecular formula is C29H34N4O3. The zero-order valence-corrected chi connectivity index (χ0v) is 21.0. The number of para-hydroxylation sites is 1. The summed E-state index contributed by atoms with van der Waals surface area (Å²) in [7, 11) is 0. The van der Waals surface area contributed by atoms with E-state index in [1.807, 2.05) is 42.5 Å². The van der Waals surface area contributed by atoms with Crippen LogP contribution in [0.3, 0.4) is 0 Å². The summed E-state index contributed by atoms with van der Waals surface area (Å²) in [6.45, 7) is 8.32. The first kappa shape index (κ1) is 24.4. The van der Waals surface area contributed by atoms with Crippen LogP contribution >= 0.6 is 0 Å². The van der Waals surface area contributed by atoms with Crippen LogP contribution < -0.4 is 0 Å². The number of hydrogen-bond acceptors (Lipinski definition) is 6. The molecule has 2 aliphatic rings. The predicted octanol–water partition coefficient (Wildman–Crippen LogP) is 3.50. The van der Waals surface area contributed by atoms with Crippen LogP contribution in [0, 0.1) is 0 Å². The van der Waals surface area contributed by atoms with Gasteiger partial charge in [-0.3, -0.25) is 19.6 Å². The van der Waals surface area contributed by atoms with Crippen molar-refractivity contribution in [2.75, 3.05) is 45.9 Å². The summed E-state index contributed by atoms with van der Waals surface area (Å²) in [5, 5.41) is 0.793. The number of fused-ring (bicyclic) bond motifs is 2. The molecule has 0 unspecified atom stereocenters. The lowest BCUT2D eigenvalue weighted by Crippen LogP contribution is -2.49. The van der Waals surface area contributed by atoms with E-state index in [4.69, 9.17) is 9.72 Å². The molecule has 5 rings (SSSR count). The quantitative estimate of drug-likeness (QED) is 0.477. The maximum Gasteiger partial charge on any atom is 0.339 e. The van der Waals surface area contributed by atoms with E-state index in [-0.39, 0.29) is 12.5 Å². The van der Waals surface area contributed by atoms with E-state index >= 15 is 0 Å². The lowest BCUT2D eigenvalue weighted by atomic mass is 9.95. The molecule has 7 nitrogen and oxygen atoms in total. The molecule has 0 aliphatic carbocycles. The van der Waals surface area contributed by atoms with E-state index in [1.165, 1.54) is 5.56 Å². The second kappa shape index (κ2) is 11.2. The van der Waals surface area contributed by atoms with Crippen molar-refractivity contribution in [3.63, 3.8) is 0 Å². The number of nitrogens with zero attached hydrogens (tertiary/aromatic N) is 4. The highest BCUT2D eigenvalue weighted by Gasteiger charge is 2.28. The Balaban J connectivity index is 1.24. The molecule has 0 bridgehead atoms. The Morgan fingerprint density at radius 3 is 2.44 bits per heavy atom. The fraction of sp³-hybridized carbons (Fsp3) is 0.414. The first-order chi connectivity index (χ1) is 17.6. The van der Waals surface area contributed by atoms with Crippen LogP contribution in [0.5, 0.6) is 0 Å². The van der Waals surface area contributed by atoms with Crippen LogP contribution in [0.15, 0.2) is 54.6 Å². The average molecular weight is 487 g/mol. The van der Waals surface area contributed by atoms with Crippen molar-refractivity contribution in [1.29, 1.82) is 0 Å². The van der Waals surface area contributed by atoms with Crippen molar-refractivity contribution in [2.45, 2.75) is 32.9 Å². The Bertz CT molecular complexity index is 1220. The molecule has 2 aliphatic heterocycles. The van der Waals surface area contributed by atoms with Crippen LogP contribution in [0.4, 0.5) is 0 Å². The predicted molar refractivity (Wildman–Crippen MR) is 140 cm³/mol. The van der Waals surface area contributed by atoms with Gasteiger partial charge in [0, 0.05) is 68.9 Å². The van der Waals surface area contributed by atoms with Gasteiger partial charge in [0.2, 0.25) is 0 Å². The van der Waals surface area contributed by atoms with E-state index < -0.39 is 5.97 Å². The smallest absolute Gasteiger partial charge is 0.339 e. The second-order valence-corrected chi connectivity index (χ2v) is 9.67. The second-order valence-electron chi connectivity index (χ2n) is 9.67. The third kappa shape index (κ3) is 5.42. The minimum absolute atomic E-state index is 0.137. The van der Waals surface area contributed by atoms with Crippen LogP contribution in [-0.2, 0) is 29.0 Å². The van der Waals surface area contributed by atoms with Crippen molar-refractivity contribution in [3.8, 4) is 0 Å². The number of rotatable bonds is 7. The van der Waals surface area contributed by atoms with E-state index in [0.29, 0.717) is 25.2 Å². The molecule has 0 radical (unpaired) electrons. The number of piperazine rings is 1. The summed E-state index contributed by atoms with van der Waals surface area (Å²) < 4.78 is 5.64. The zero-order chi connectivity index (χ0) is 24.9. The number of aromatic nitrogens is 1. The highest BCUT2D eigenvalue weighted by atomic mass is 16.5. The monoisotopic (exact) mass is 486 g/mol. The van der Waals surface area contributed by atoms with Gasteiger partial charge < -0.3 is 9.64 Å². The van der Waals surface area contributed by atoms with Gasteiger partial charge in [-0.15, -0.1) is 0 Å². The Morgan fingerprint density at radius 2 is 1.67 bits per heavy atom. The first-order valence-electron chi connectivity index (χ1n) is 13.0. The van der Waals surface area contributed by atoms with Crippen molar-refractivity contribution in [3.05, 3.63) is 77.0 Å². The Morgan fingerprint density at radius 1 is 0.917 bits per heavy atom. The normalized spacial score (nSPS) is 16.6. The van der Waals surface area contributed by atoms with E-state index in [1.54, 1.807) is 4.90 Å². The lowest BCUT2D eigenvalue weighted by Gasteiger charge is -2.34. The summed E-state index contributed by atoms with van der Waals surface area (Å²) in [6.07, 6.45) is 1.87. The molecule has 7 heteroatoms. The topological polar surface area (TPSA) is 66.0 Å². The number of carbonyl (C=O) groups excluding carboxylic acids is 2. The largest absolute Gasteiger partial charge is 0.452 e. The van der Waals surface area contributed by atoms with Gasteiger partial charge in [0.05, 0.1) is 11.1 Å². The van der Waals surface area contributed by atoms with Gasteiger partial charge in [-0.1, -0.05) is 55.5 Å². The third-order valence-corrected chi connectivity index (χ3v) is 7.17. The molecule has 0 spiro atoms. The van der Waals surface area contributed by atoms with Crippen LogP contribution in [0.25, 0.3) is 10.9 Å². The summed E-state index contributed by atoms with van der Waals surface area (Å²) in [5.41, 5.74) is 4.55. The van der Waals surface area contributed by atoms with Gasteiger partial charge in [0.1, 0.15) is 0 Å². The number of amides is 1. The summed E-state index contributed by atoms with van der Waals surface area (Å²) in [6, 6.07) is 18.1. The standard InChI is InChI=1S/C29H34N4O3/c1-2-13-31-14-12-26-24(20-31)28(23-10-6-7-11-25(23)30-26)29(35)36-21-27(34)33-17-15-32(16-18-33)19-22-8-4-3-5-9-22/h3-11H,2,12-21H2,1H3. The third-order valence-electron chi connectivity index (χ3n) is 7.17. The van der Waals surface area contributed by atoms with Gasteiger partial charge in [-0.2, -0.15) is 0 Å². The van der Waals surface area contributed by atoms with E-state index in [0.717, 1.165) is 67.7 Å². The number of hydrogen-bond donors (Lipinski definition) is 0. The van der Waals surface area contributed by atoms with Gasteiger partial charge in [-0.25, -0.2) is 4.79 Å². The fourth-order valence-corrected chi connectivity index (χ4v) is 5.27. The maximum atomic E-state index is 13.4. The van der Waals surface area contributed by atoms with Crippen molar-refractivity contribution in [2.24, 2.45) is 0 Å². The molecule has 1 fully saturated rings. The minimum atomic E-state index is -0.431. The molecule has 0 atom stereocenters. The average Bonchev–Trinajstić information content (AvgIpc) is 2.91. The summed E-state index contributed by atoms with van der Waals surface area (Å²) in [4.78, 5) is 37.6. The maximum absolute atomic E-state index is 13.4. The number of esters is 1. The van der Waals surface area contributed by atoms with Crippen molar-refractivity contribution >= 4 is 22.8 Å². The molecule has 1 saturated heterocycles. The van der Waals surface area contributed by atoms with Crippen LogP contribution in [0.2, 0.25) is 0 Å². The molecule has 1 aromatic heterocycles. The molecular weight excluding hydrogens is 452 g/mol. The highest BCUT2D eigenvalue weighted by molar-refractivity contribution is 6.05. The van der Waals surface area contributed by atoms with Gasteiger partial charge >= 0.3 is 5.97 Å². The Hall–Kier alpha value is -3.29. The fourth-order valence-electron chi connectivity index (χ4n) is 5.27. The van der Waals surface area contributed by atoms with Gasteiger partial charge in [0.25, 0.3) is 5.91 Å². The van der Waals surface area contributed by atoms with Crippen molar-refractivity contribution < 1.29 is 14.3 Å². The SMILES string of the molecule is CCCN1CCc2nc3ccccc3c(C(=O)OCC(=O)N3CCN(Cc4ccccc4)CC3)c2C1. The molecule has 3 aromatic rings. The van der Waals surface area contributed by atoms with E-state index in [2.05, 4.69) is 28.9 Å². The molecule has 0 saturated carbocycles. The van der Waals surface area contributed by atoms with Gasteiger partial charge in [-0.05, 0) is 24.6 Å². The Labute approximate surface area is 212 Å². The molecule has 188 valence electrons. The van der Waals surface area contributed by atoms with Crippen LogP contribution in [-0.4, -0.2) is 77.4 Å². The van der Waals surface area contributed by atoms with Gasteiger partial charge in [0.15, 0.2) is 6.61 Å². The zero-order valence-electron chi connectivity index (χ0n) is 21.0. The highest BCUT2D eigenvalue weighted by Crippen LogP contribution is 2.29. The lowest BCUT2D eigenvalue weighted by molar-refractivity contribution is -0.136. The van der Waals surface area contributed by atoms with Crippen LogP contribution in [0.1, 0.15) is 40.5 Å². The molecule has 0 N–H and O–H groups in total. The molecule has 3 heterocycles. The summed E-state index contributed by atoms with van der Waals surface area (Å²) >= 11 is 0. The number of benzene rings is 2. The van der Waals surface area contributed by atoms with E-state index in [9.17, 15) is 9.59 Å². The Kier molecular flexibility index (Phi) is 7.58. The summed E-state index contributed by atoms with van der Waals surface area (Å²) in [5.74, 6) is -0.568. The molecule has 2 aromatic carbocycles. The molecule has 1 amide bonds. The minimum Gasteiger partial charge on any atom is -0.452 e.